The highest BCUT2D eigenvalue weighted by atomic mass is 35.5. The second-order valence-corrected chi connectivity index (χ2v) is 6.44. The number of fused-ring (bicyclic) bond motifs is 1. The zero-order valence-electron chi connectivity index (χ0n) is 14.5. The van der Waals surface area contributed by atoms with E-state index in [-0.39, 0.29) is 11.2 Å². The molecule has 2 aromatic carbocycles. The number of ether oxygens (including phenoxy) is 2. The maximum atomic E-state index is 12.9. The first-order valence-electron chi connectivity index (χ1n) is 7.98. The number of methoxy groups -OCH3 is 1. The molecule has 134 valence electrons. The Hall–Kier alpha value is -2.79. The summed E-state index contributed by atoms with van der Waals surface area (Å²) in [7, 11) is 1.58. The Bertz CT molecular complexity index is 1020. The second kappa shape index (κ2) is 7.22. The fourth-order valence-corrected chi connectivity index (χ4v) is 2.68. The molecule has 1 heterocycles. The highest BCUT2D eigenvalue weighted by molar-refractivity contribution is 6.29. The van der Waals surface area contributed by atoms with E-state index in [0.29, 0.717) is 28.0 Å². The average molecular weight is 373 g/mol. The normalized spacial score (nSPS) is 12.0. The minimum absolute atomic E-state index is 0.155. The number of rotatable bonds is 4. The van der Waals surface area contributed by atoms with Crippen molar-refractivity contribution in [3.05, 3.63) is 58.4 Å². The van der Waals surface area contributed by atoms with E-state index in [1.54, 1.807) is 38.3 Å². The van der Waals surface area contributed by atoms with Gasteiger partial charge in [-0.25, -0.2) is 0 Å². The number of aryl methyl sites for hydroxylation is 1. The van der Waals surface area contributed by atoms with Crippen LogP contribution in [0.4, 0.5) is 0 Å². The molecular formula is C20H17ClO5. The Balaban J connectivity index is 2.07. The molecule has 0 radical (unpaired) electrons. The van der Waals surface area contributed by atoms with Crippen LogP contribution in [0.15, 0.2) is 51.7 Å². The van der Waals surface area contributed by atoms with Gasteiger partial charge in [0.25, 0.3) is 0 Å². The molecule has 5 nitrogen and oxygen atoms in total. The van der Waals surface area contributed by atoms with Gasteiger partial charge in [-0.15, -0.1) is 11.6 Å². The predicted octanol–water partition coefficient (Wildman–Crippen LogP) is 4.31. The number of hydrogen-bond donors (Lipinski definition) is 0. The van der Waals surface area contributed by atoms with Gasteiger partial charge in [-0.3, -0.25) is 9.59 Å². The largest absolute Gasteiger partial charge is 0.497 e. The van der Waals surface area contributed by atoms with Crippen molar-refractivity contribution in [1.29, 1.82) is 0 Å². The third-order valence-electron chi connectivity index (χ3n) is 3.96. The van der Waals surface area contributed by atoms with Gasteiger partial charge in [-0.05, 0) is 43.7 Å². The number of alkyl halides is 1. The van der Waals surface area contributed by atoms with Crippen molar-refractivity contribution in [2.75, 3.05) is 7.11 Å². The Kier molecular flexibility index (Phi) is 5.00. The molecule has 26 heavy (non-hydrogen) atoms. The highest BCUT2D eigenvalue weighted by Gasteiger charge is 2.16. The van der Waals surface area contributed by atoms with Crippen LogP contribution in [0.1, 0.15) is 12.7 Å². The highest BCUT2D eigenvalue weighted by Crippen LogP contribution is 2.27. The van der Waals surface area contributed by atoms with Gasteiger partial charge < -0.3 is 13.9 Å². The topological polar surface area (TPSA) is 65.7 Å². The van der Waals surface area contributed by atoms with Gasteiger partial charge in [0.1, 0.15) is 28.2 Å². The van der Waals surface area contributed by atoms with Gasteiger partial charge >= 0.3 is 5.97 Å². The number of carbonyl (C=O) groups is 1. The van der Waals surface area contributed by atoms with Crippen LogP contribution < -0.4 is 14.9 Å². The monoisotopic (exact) mass is 372 g/mol. The molecule has 3 rings (SSSR count). The fourth-order valence-electron chi connectivity index (χ4n) is 2.64. The van der Waals surface area contributed by atoms with Crippen molar-refractivity contribution in [2.45, 2.75) is 19.2 Å². The smallest absolute Gasteiger partial charge is 0.329 e. The van der Waals surface area contributed by atoms with Crippen molar-refractivity contribution < 1.29 is 18.7 Å². The molecule has 0 N–H and O–H groups in total. The van der Waals surface area contributed by atoms with E-state index in [4.69, 9.17) is 25.5 Å². The van der Waals surface area contributed by atoms with Crippen LogP contribution in [0.25, 0.3) is 22.1 Å². The average Bonchev–Trinajstić information content (AvgIpc) is 2.62. The number of hydrogen-bond acceptors (Lipinski definition) is 5. The molecule has 0 aliphatic rings. The number of benzene rings is 2. The molecule has 0 fully saturated rings. The van der Waals surface area contributed by atoms with E-state index in [2.05, 4.69) is 0 Å². The zero-order valence-corrected chi connectivity index (χ0v) is 15.3. The molecule has 1 aromatic heterocycles. The van der Waals surface area contributed by atoms with Crippen LogP contribution in [-0.2, 0) is 4.79 Å². The molecule has 0 aliphatic carbocycles. The quantitative estimate of drug-likeness (QED) is 0.388. The van der Waals surface area contributed by atoms with Crippen molar-refractivity contribution in [2.24, 2.45) is 0 Å². The lowest BCUT2D eigenvalue weighted by molar-refractivity contribution is -0.133. The lowest BCUT2D eigenvalue weighted by Gasteiger charge is -2.10. The summed E-state index contributed by atoms with van der Waals surface area (Å²) in [6.45, 7) is 3.25. The summed E-state index contributed by atoms with van der Waals surface area (Å²) >= 11 is 5.70. The first-order chi connectivity index (χ1) is 12.4. The standard InChI is InChI=1S/C20H17ClO5/c1-11(21)20(23)26-15-8-9-16-17(10-15)25-12(2)18(19(16)22)13-4-6-14(24-3)7-5-13/h4-11H,1-3H3. The molecule has 1 unspecified atom stereocenters. The summed E-state index contributed by atoms with van der Waals surface area (Å²) in [5, 5.41) is -0.364. The maximum absolute atomic E-state index is 12.9. The molecular weight excluding hydrogens is 356 g/mol. The third kappa shape index (κ3) is 3.44. The zero-order chi connectivity index (χ0) is 18.8. The lowest BCUT2D eigenvalue weighted by Crippen LogP contribution is -2.17. The molecule has 0 bridgehead atoms. The Labute approximate surface area is 155 Å². The third-order valence-corrected chi connectivity index (χ3v) is 4.14. The summed E-state index contributed by atoms with van der Waals surface area (Å²) < 4.78 is 16.1. The minimum Gasteiger partial charge on any atom is -0.497 e. The van der Waals surface area contributed by atoms with Crippen molar-refractivity contribution in [1.82, 2.24) is 0 Å². The van der Waals surface area contributed by atoms with Gasteiger partial charge in [-0.2, -0.15) is 0 Å². The molecule has 0 spiro atoms. The van der Waals surface area contributed by atoms with E-state index < -0.39 is 11.3 Å². The number of carbonyl (C=O) groups excluding carboxylic acids is 1. The van der Waals surface area contributed by atoms with E-state index in [1.807, 2.05) is 12.1 Å². The molecule has 0 amide bonds. The van der Waals surface area contributed by atoms with Gasteiger partial charge in [0.2, 0.25) is 5.43 Å². The Morgan fingerprint density at radius 3 is 2.38 bits per heavy atom. The fraction of sp³-hybridized carbons (Fsp3) is 0.200. The molecule has 1 atom stereocenters. The van der Waals surface area contributed by atoms with Crippen molar-refractivity contribution in [3.63, 3.8) is 0 Å². The van der Waals surface area contributed by atoms with E-state index in [1.165, 1.54) is 13.0 Å². The molecule has 3 aromatic rings. The molecule has 0 saturated carbocycles. The van der Waals surface area contributed by atoms with Gasteiger partial charge in [-0.1, -0.05) is 12.1 Å². The first kappa shape index (κ1) is 18.0. The van der Waals surface area contributed by atoms with E-state index in [9.17, 15) is 9.59 Å². The Morgan fingerprint density at radius 1 is 1.12 bits per heavy atom. The lowest BCUT2D eigenvalue weighted by atomic mass is 10.0. The van der Waals surface area contributed by atoms with Gasteiger partial charge in [0.15, 0.2) is 0 Å². The van der Waals surface area contributed by atoms with Gasteiger partial charge in [0.05, 0.1) is 18.1 Å². The first-order valence-corrected chi connectivity index (χ1v) is 8.42. The summed E-state index contributed by atoms with van der Waals surface area (Å²) in [6.07, 6.45) is 0. The predicted molar refractivity (Wildman–Crippen MR) is 100 cm³/mol. The molecule has 0 aliphatic heterocycles. The van der Waals surface area contributed by atoms with Gasteiger partial charge in [0, 0.05) is 6.07 Å². The van der Waals surface area contributed by atoms with Crippen LogP contribution in [0.3, 0.4) is 0 Å². The Morgan fingerprint density at radius 2 is 1.77 bits per heavy atom. The summed E-state index contributed by atoms with van der Waals surface area (Å²) in [5.74, 6) is 0.882. The number of esters is 1. The summed E-state index contributed by atoms with van der Waals surface area (Å²) in [6, 6.07) is 11.8. The molecule has 6 heteroatoms. The van der Waals surface area contributed by atoms with Crippen molar-refractivity contribution in [3.8, 4) is 22.6 Å². The van der Waals surface area contributed by atoms with E-state index in [0.717, 1.165) is 5.56 Å². The van der Waals surface area contributed by atoms with Crippen LogP contribution in [-0.4, -0.2) is 18.5 Å². The SMILES string of the molecule is COc1ccc(-c2c(C)oc3cc(OC(=O)C(C)Cl)ccc3c2=O)cc1. The maximum Gasteiger partial charge on any atom is 0.329 e. The summed E-state index contributed by atoms with van der Waals surface area (Å²) in [5.41, 5.74) is 1.42. The summed E-state index contributed by atoms with van der Waals surface area (Å²) in [4.78, 5) is 24.5. The van der Waals surface area contributed by atoms with Crippen LogP contribution >= 0.6 is 11.6 Å². The van der Waals surface area contributed by atoms with Crippen LogP contribution in [0, 0.1) is 6.92 Å². The van der Waals surface area contributed by atoms with E-state index >= 15 is 0 Å². The number of halogens is 1. The molecule has 0 saturated heterocycles. The van der Waals surface area contributed by atoms with Crippen LogP contribution in [0.2, 0.25) is 0 Å². The van der Waals surface area contributed by atoms with Crippen molar-refractivity contribution >= 4 is 28.5 Å². The second-order valence-electron chi connectivity index (χ2n) is 5.79. The van der Waals surface area contributed by atoms with Crippen LogP contribution in [0.5, 0.6) is 11.5 Å². The minimum atomic E-state index is -0.767.